The molecule has 0 radical (unpaired) electrons. The Balaban J connectivity index is 1.82. The van der Waals surface area contributed by atoms with E-state index in [1.807, 2.05) is 0 Å². The molecule has 0 aliphatic carbocycles. The van der Waals surface area contributed by atoms with Crippen LogP contribution in [-0.2, 0) is 6.54 Å². The topological polar surface area (TPSA) is 133 Å². The van der Waals surface area contributed by atoms with Gasteiger partial charge in [0.15, 0.2) is 17.3 Å². The Labute approximate surface area is 124 Å². The molecule has 0 saturated carbocycles. The molecule has 0 unspecified atom stereocenters. The summed E-state index contributed by atoms with van der Waals surface area (Å²) in [5.74, 6) is 0.357. The van der Waals surface area contributed by atoms with Gasteiger partial charge in [0.2, 0.25) is 5.89 Å². The predicted molar refractivity (Wildman–Crippen MR) is 74.4 cm³/mol. The highest BCUT2D eigenvalue weighted by Gasteiger charge is 2.18. The third kappa shape index (κ3) is 2.64. The Kier molecular flexibility index (Phi) is 3.52. The summed E-state index contributed by atoms with van der Waals surface area (Å²) in [6.45, 7) is 1.87. The van der Waals surface area contributed by atoms with E-state index in [0.29, 0.717) is 23.0 Å². The van der Waals surface area contributed by atoms with Gasteiger partial charge in [-0.3, -0.25) is 4.79 Å². The molecule has 0 aromatic carbocycles. The van der Waals surface area contributed by atoms with E-state index in [9.17, 15) is 4.79 Å². The molecule has 0 saturated heterocycles. The van der Waals surface area contributed by atoms with Crippen molar-refractivity contribution in [1.82, 2.24) is 25.4 Å². The van der Waals surface area contributed by atoms with Crippen LogP contribution in [0.25, 0.3) is 11.6 Å². The van der Waals surface area contributed by atoms with Crippen molar-refractivity contribution < 1.29 is 13.7 Å². The maximum Gasteiger partial charge on any atom is 0.274 e. The molecule has 0 aliphatic rings. The number of amides is 1. The molecule has 0 aliphatic heterocycles. The minimum Gasteiger partial charge on any atom is -0.443 e. The number of rotatable bonds is 4. The molecule has 3 aromatic rings. The lowest BCUT2D eigenvalue weighted by Crippen LogP contribution is -2.25. The van der Waals surface area contributed by atoms with E-state index in [2.05, 4.69) is 25.4 Å². The minimum atomic E-state index is -0.455. The maximum absolute atomic E-state index is 12.1. The van der Waals surface area contributed by atoms with Crippen LogP contribution in [0.2, 0.25) is 0 Å². The molecule has 3 rings (SSSR count). The van der Waals surface area contributed by atoms with E-state index < -0.39 is 5.91 Å². The van der Waals surface area contributed by atoms with Gasteiger partial charge in [-0.1, -0.05) is 5.16 Å². The summed E-state index contributed by atoms with van der Waals surface area (Å²) in [6, 6.07) is 1.65. The average Bonchev–Trinajstić information content (AvgIpc) is 3.19. The molecule has 9 nitrogen and oxygen atoms in total. The fourth-order valence-corrected chi connectivity index (χ4v) is 1.83. The molecule has 9 heteroatoms. The summed E-state index contributed by atoms with van der Waals surface area (Å²) in [4.78, 5) is 24.4. The van der Waals surface area contributed by atoms with E-state index in [1.165, 1.54) is 18.7 Å². The van der Waals surface area contributed by atoms with Crippen molar-refractivity contribution in [2.24, 2.45) is 0 Å². The number of nitrogen functional groups attached to an aromatic ring is 1. The number of nitrogens with two attached hydrogens (primary N) is 1. The van der Waals surface area contributed by atoms with Crippen molar-refractivity contribution in [1.29, 1.82) is 0 Å². The highest BCUT2D eigenvalue weighted by atomic mass is 16.5. The fourth-order valence-electron chi connectivity index (χ4n) is 1.83. The third-order valence-electron chi connectivity index (χ3n) is 2.86. The maximum atomic E-state index is 12.1. The van der Waals surface area contributed by atoms with Gasteiger partial charge in [-0.2, -0.15) is 0 Å². The first-order valence-electron chi connectivity index (χ1n) is 6.37. The number of carbonyl (C=O) groups excluding carboxylic acids is 1. The fraction of sp³-hybridized carbons (Fsp3) is 0.154. The van der Waals surface area contributed by atoms with Gasteiger partial charge in [0.25, 0.3) is 5.91 Å². The smallest absolute Gasteiger partial charge is 0.274 e. The zero-order valence-corrected chi connectivity index (χ0v) is 11.6. The van der Waals surface area contributed by atoms with E-state index >= 15 is 0 Å². The standard InChI is InChI=1S/C13H12N6O3/c1-7-9(13-15-4-5-21-13)19-11(14)10(18-7)12(20)16-6-8-2-3-17-22-8/h2-5H,6H2,1H3,(H2,14,19)(H,16,20). The lowest BCUT2D eigenvalue weighted by Gasteiger charge is -2.08. The average molecular weight is 300 g/mol. The van der Waals surface area contributed by atoms with Crippen LogP contribution in [0, 0.1) is 6.92 Å². The third-order valence-corrected chi connectivity index (χ3v) is 2.86. The van der Waals surface area contributed by atoms with Crippen molar-refractivity contribution in [3.05, 3.63) is 41.9 Å². The monoisotopic (exact) mass is 300 g/mol. The van der Waals surface area contributed by atoms with Gasteiger partial charge in [0, 0.05) is 6.07 Å². The van der Waals surface area contributed by atoms with Gasteiger partial charge < -0.3 is 20.0 Å². The number of anilines is 1. The Morgan fingerprint density at radius 2 is 2.23 bits per heavy atom. The van der Waals surface area contributed by atoms with Gasteiger partial charge >= 0.3 is 0 Å². The lowest BCUT2D eigenvalue weighted by atomic mass is 10.2. The number of carbonyl (C=O) groups is 1. The second-order valence-electron chi connectivity index (χ2n) is 4.39. The molecular weight excluding hydrogens is 288 g/mol. The van der Waals surface area contributed by atoms with E-state index in [0.717, 1.165) is 0 Å². The van der Waals surface area contributed by atoms with Crippen LogP contribution >= 0.6 is 0 Å². The first-order chi connectivity index (χ1) is 10.6. The van der Waals surface area contributed by atoms with Crippen molar-refractivity contribution in [3.8, 4) is 11.6 Å². The van der Waals surface area contributed by atoms with Crippen molar-refractivity contribution in [2.75, 3.05) is 5.73 Å². The highest BCUT2D eigenvalue weighted by molar-refractivity contribution is 5.96. The number of nitrogens with one attached hydrogen (secondary N) is 1. The molecule has 0 bridgehead atoms. The summed E-state index contributed by atoms with van der Waals surface area (Å²) in [5, 5.41) is 6.18. The van der Waals surface area contributed by atoms with Crippen LogP contribution < -0.4 is 11.1 Å². The van der Waals surface area contributed by atoms with Gasteiger partial charge in [-0.25, -0.2) is 15.0 Å². The SMILES string of the molecule is Cc1nc(C(=O)NCc2ccno2)c(N)nc1-c1ncco1. The molecular formula is C13H12N6O3. The van der Waals surface area contributed by atoms with Gasteiger partial charge in [-0.15, -0.1) is 0 Å². The van der Waals surface area contributed by atoms with Crippen LogP contribution in [0.3, 0.4) is 0 Å². The first-order valence-corrected chi connectivity index (χ1v) is 6.37. The van der Waals surface area contributed by atoms with E-state index in [4.69, 9.17) is 14.7 Å². The lowest BCUT2D eigenvalue weighted by molar-refractivity contribution is 0.0942. The molecule has 22 heavy (non-hydrogen) atoms. The number of aryl methyl sites for hydroxylation is 1. The Morgan fingerprint density at radius 3 is 2.91 bits per heavy atom. The largest absolute Gasteiger partial charge is 0.443 e. The molecule has 0 spiro atoms. The molecule has 112 valence electrons. The molecule has 3 aromatic heterocycles. The normalized spacial score (nSPS) is 10.6. The zero-order chi connectivity index (χ0) is 15.5. The van der Waals surface area contributed by atoms with Crippen molar-refractivity contribution in [3.63, 3.8) is 0 Å². The Hall–Kier alpha value is -3.23. The molecule has 0 atom stereocenters. The number of hydrogen-bond acceptors (Lipinski definition) is 8. The number of oxazole rings is 1. The van der Waals surface area contributed by atoms with Crippen LogP contribution in [0.1, 0.15) is 21.9 Å². The Bertz CT molecular complexity index is 782. The van der Waals surface area contributed by atoms with Gasteiger partial charge in [-0.05, 0) is 6.92 Å². The summed E-state index contributed by atoms with van der Waals surface area (Å²) in [7, 11) is 0. The number of nitrogens with zero attached hydrogens (tertiary/aromatic N) is 4. The van der Waals surface area contributed by atoms with E-state index in [1.54, 1.807) is 13.0 Å². The zero-order valence-electron chi connectivity index (χ0n) is 11.6. The van der Waals surface area contributed by atoms with E-state index in [-0.39, 0.29) is 18.1 Å². The summed E-state index contributed by atoms with van der Waals surface area (Å²) in [5.41, 5.74) is 6.73. The molecule has 0 fully saturated rings. The second-order valence-corrected chi connectivity index (χ2v) is 4.39. The number of aromatic nitrogens is 4. The quantitative estimate of drug-likeness (QED) is 0.727. The summed E-state index contributed by atoms with van der Waals surface area (Å²) in [6.07, 6.45) is 4.40. The highest BCUT2D eigenvalue weighted by Crippen LogP contribution is 2.20. The predicted octanol–water partition coefficient (Wildman–Crippen LogP) is 0.940. The summed E-state index contributed by atoms with van der Waals surface area (Å²) < 4.78 is 10.1. The molecule has 3 heterocycles. The van der Waals surface area contributed by atoms with Crippen molar-refractivity contribution >= 4 is 11.7 Å². The van der Waals surface area contributed by atoms with Crippen LogP contribution in [-0.4, -0.2) is 26.0 Å². The van der Waals surface area contributed by atoms with Crippen molar-refractivity contribution in [2.45, 2.75) is 13.5 Å². The molecule has 1 amide bonds. The van der Waals surface area contributed by atoms with Crippen LogP contribution in [0.5, 0.6) is 0 Å². The van der Waals surface area contributed by atoms with Crippen LogP contribution in [0.4, 0.5) is 5.82 Å². The Morgan fingerprint density at radius 1 is 1.36 bits per heavy atom. The summed E-state index contributed by atoms with van der Waals surface area (Å²) >= 11 is 0. The first kappa shape index (κ1) is 13.7. The van der Waals surface area contributed by atoms with Gasteiger partial charge in [0.05, 0.1) is 24.6 Å². The van der Waals surface area contributed by atoms with Gasteiger partial charge in [0.1, 0.15) is 12.0 Å². The molecule has 3 N–H and O–H groups in total. The second kappa shape index (κ2) is 5.64. The number of hydrogen-bond donors (Lipinski definition) is 2. The van der Waals surface area contributed by atoms with Crippen LogP contribution in [0.15, 0.2) is 33.7 Å². The minimum absolute atomic E-state index is 0.00568.